The second-order valence-corrected chi connectivity index (χ2v) is 4.66. The average Bonchev–Trinajstić information content (AvgIpc) is 2.37. The molecule has 10 nitrogen and oxygen atoms in total. The van der Waals surface area contributed by atoms with Crippen LogP contribution in [-0.4, -0.2) is 31.0 Å². The van der Waals surface area contributed by atoms with Gasteiger partial charge in [-0.15, -0.1) is 0 Å². The van der Waals surface area contributed by atoms with Crippen LogP contribution in [0.1, 0.15) is 10.4 Å². The Bertz CT molecular complexity index is 790. The van der Waals surface area contributed by atoms with Crippen molar-refractivity contribution in [3.63, 3.8) is 0 Å². The number of nitrogens with two attached hydrogens (primary N) is 1. The molecule has 0 amide bonds. The van der Waals surface area contributed by atoms with Crippen molar-refractivity contribution in [2.45, 2.75) is 10.2 Å². The molecular formula is C10H7N5O5S. The molecule has 0 aromatic carbocycles. The molecule has 0 radical (unpaired) electrons. The third-order valence-electron chi connectivity index (χ3n) is 2.21. The predicted octanol–water partition coefficient (Wildman–Crippen LogP) is 0.505. The molecule has 108 valence electrons. The summed E-state index contributed by atoms with van der Waals surface area (Å²) in [5.41, 5.74) is 4.07. The number of nitrogens with zero attached hydrogens (tertiary/aromatic N) is 3. The Morgan fingerprint density at radius 3 is 2.76 bits per heavy atom. The van der Waals surface area contributed by atoms with Crippen LogP contribution in [0.15, 0.2) is 33.3 Å². The standard InChI is InChI=1S/C10H7N5O5S/c11-6-2-7(16)14-10(13-6)21-8-5(9(17)18)1-4(3-12-8)15(19)20/h1-3H,(H,17,18)(H3,11,13,14,16). The number of aromatic carboxylic acids is 1. The van der Waals surface area contributed by atoms with E-state index >= 15 is 0 Å². The molecule has 0 aliphatic heterocycles. The molecule has 0 bridgehead atoms. The highest BCUT2D eigenvalue weighted by atomic mass is 32.2. The molecular weight excluding hydrogens is 302 g/mol. The third kappa shape index (κ3) is 3.33. The van der Waals surface area contributed by atoms with E-state index in [-0.39, 0.29) is 21.6 Å². The Morgan fingerprint density at radius 1 is 1.48 bits per heavy atom. The number of hydrogen-bond donors (Lipinski definition) is 3. The maximum Gasteiger partial charge on any atom is 0.338 e. The van der Waals surface area contributed by atoms with Gasteiger partial charge in [-0.1, -0.05) is 0 Å². The largest absolute Gasteiger partial charge is 0.478 e. The van der Waals surface area contributed by atoms with Gasteiger partial charge in [-0.25, -0.2) is 14.8 Å². The molecule has 0 aliphatic rings. The van der Waals surface area contributed by atoms with Crippen LogP contribution in [0.2, 0.25) is 0 Å². The minimum atomic E-state index is -1.39. The average molecular weight is 309 g/mol. The summed E-state index contributed by atoms with van der Waals surface area (Å²) in [6.07, 6.45) is 0.916. The van der Waals surface area contributed by atoms with E-state index in [0.717, 1.165) is 30.1 Å². The fourth-order valence-corrected chi connectivity index (χ4v) is 2.22. The summed E-state index contributed by atoms with van der Waals surface area (Å²) in [4.78, 5) is 42.1. The van der Waals surface area contributed by atoms with Crippen LogP contribution in [0.4, 0.5) is 11.5 Å². The topological polar surface area (TPSA) is 165 Å². The first-order chi connectivity index (χ1) is 9.86. The van der Waals surface area contributed by atoms with Crippen molar-refractivity contribution in [3.05, 3.63) is 44.4 Å². The van der Waals surface area contributed by atoms with Gasteiger partial charge in [0.2, 0.25) is 0 Å². The maximum atomic E-state index is 11.2. The van der Waals surface area contributed by atoms with Crippen LogP contribution >= 0.6 is 11.8 Å². The Balaban J connectivity index is 2.46. The molecule has 0 saturated carbocycles. The van der Waals surface area contributed by atoms with Crippen molar-refractivity contribution in [2.24, 2.45) is 0 Å². The summed E-state index contributed by atoms with van der Waals surface area (Å²) < 4.78 is 0. The SMILES string of the molecule is Nc1cc(=O)[nH]c(Sc2ncc([N+](=O)[O-])cc2C(=O)O)n1. The van der Waals surface area contributed by atoms with Crippen LogP contribution in [0.25, 0.3) is 0 Å². The van der Waals surface area contributed by atoms with Crippen LogP contribution < -0.4 is 11.3 Å². The lowest BCUT2D eigenvalue weighted by molar-refractivity contribution is -0.385. The van der Waals surface area contributed by atoms with Gasteiger partial charge in [-0.3, -0.25) is 14.9 Å². The van der Waals surface area contributed by atoms with Crippen molar-refractivity contribution in [1.29, 1.82) is 0 Å². The lowest BCUT2D eigenvalue weighted by atomic mass is 10.3. The van der Waals surface area contributed by atoms with E-state index in [2.05, 4.69) is 15.0 Å². The molecule has 0 unspecified atom stereocenters. The first kappa shape index (κ1) is 14.5. The predicted molar refractivity (Wildman–Crippen MR) is 71.2 cm³/mol. The first-order valence-electron chi connectivity index (χ1n) is 5.29. The third-order valence-corrected chi connectivity index (χ3v) is 3.12. The number of carbonyl (C=O) groups is 1. The Hall–Kier alpha value is -2.95. The first-order valence-corrected chi connectivity index (χ1v) is 6.11. The van der Waals surface area contributed by atoms with Gasteiger partial charge in [-0.2, -0.15) is 0 Å². The fourth-order valence-electron chi connectivity index (χ4n) is 1.37. The quantitative estimate of drug-likeness (QED) is 0.414. The number of rotatable bonds is 4. The van der Waals surface area contributed by atoms with E-state index in [9.17, 15) is 19.7 Å². The highest BCUT2D eigenvalue weighted by Crippen LogP contribution is 2.28. The number of nitrogen functional groups attached to an aromatic ring is 1. The van der Waals surface area contributed by atoms with Gasteiger partial charge in [-0.05, 0) is 11.8 Å². The van der Waals surface area contributed by atoms with E-state index in [1.54, 1.807) is 0 Å². The van der Waals surface area contributed by atoms with Crippen LogP contribution in [0, 0.1) is 10.1 Å². The number of aromatic nitrogens is 3. The molecule has 0 fully saturated rings. The van der Waals surface area contributed by atoms with Gasteiger partial charge in [0.05, 0.1) is 10.5 Å². The van der Waals surface area contributed by atoms with Crippen molar-refractivity contribution < 1.29 is 14.8 Å². The number of hydrogen-bond acceptors (Lipinski definition) is 8. The highest BCUT2D eigenvalue weighted by molar-refractivity contribution is 7.99. The van der Waals surface area contributed by atoms with Gasteiger partial charge in [0.25, 0.3) is 11.2 Å². The zero-order valence-electron chi connectivity index (χ0n) is 10.1. The Kier molecular flexibility index (Phi) is 3.84. The summed E-state index contributed by atoms with van der Waals surface area (Å²) in [6.45, 7) is 0. The van der Waals surface area contributed by atoms with Crippen LogP contribution in [0.3, 0.4) is 0 Å². The van der Waals surface area contributed by atoms with Gasteiger partial charge >= 0.3 is 5.97 Å². The van der Waals surface area contributed by atoms with E-state index < -0.39 is 22.1 Å². The van der Waals surface area contributed by atoms with Crippen LogP contribution in [-0.2, 0) is 0 Å². The molecule has 4 N–H and O–H groups in total. The van der Waals surface area contributed by atoms with Crippen molar-refractivity contribution in [1.82, 2.24) is 15.0 Å². The number of H-pyrrole nitrogens is 1. The van der Waals surface area contributed by atoms with Crippen molar-refractivity contribution in [3.8, 4) is 0 Å². The Morgan fingerprint density at radius 2 is 2.19 bits per heavy atom. The molecule has 0 aliphatic carbocycles. The highest BCUT2D eigenvalue weighted by Gasteiger charge is 2.19. The van der Waals surface area contributed by atoms with Crippen molar-refractivity contribution >= 4 is 29.2 Å². The second-order valence-electron chi connectivity index (χ2n) is 3.69. The van der Waals surface area contributed by atoms with Gasteiger partial charge in [0.15, 0.2) is 5.16 Å². The molecule has 2 aromatic heterocycles. The number of carboxylic acids is 1. The molecule has 0 saturated heterocycles. The number of nitrogens with one attached hydrogen (secondary N) is 1. The smallest absolute Gasteiger partial charge is 0.338 e. The van der Waals surface area contributed by atoms with Gasteiger partial charge in [0, 0.05) is 12.1 Å². The van der Waals surface area contributed by atoms with E-state index in [4.69, 9.17) is 10.8 Å². The number of aromatic amines is 1. The minimum Gasteiger partial charge on any atom is -0.478 e. The lowest BCUT2D eigenvalue weighted by Gasteiger charge is -2.04. The number of nitro groups is 1. The summed E-state index contributed by atoms with van der Waals surface area (Å²) >= 11 is 0.730. The molecule has 2 aromatic rings. The van der Waals surface area contributed by atoms with Gasteiger partial charge in [0.1, 0.15) is 17.0 Å². The number of anilines is 1. The molecule has 0 atom stereocenters. The summed E-state index contributed by atoms with van der Waals surface area (Å²) in [6, 6.07) is 1.94. The molecule has 21 heavy (non-hydrogen) atoms. The second kappa shape index (κ2) is 5.58. The molecule has 0 spiro atoms. The van der Waals surface area contributed by atoms with Crippen molar-refractivity contribution in [2.75, 3.05) is 5.73 Å². The normalized spacial score (nSPS) is 10.3. The molecule has 2 heterocycles. The molecule has 11 heteroatoms. The Labute approximate surface area is 120 Å². The zero-order valence-corrected chi connectivity index (χ0v) is 11.0. The van der Waals surface area contributed by atoms with E-state index in [0.29, 0.717) is 0 Å². The van der Waals surface area contributed by atoms with Crippen LogP contribution in [0.5, 0.6) is 0 Å². The number of pyridine rings is 1. The lowest BCUT2D eigenvalue weighted by Crippen LogP contribution is -2.10. The fraction of sp³-hybridized carbons (Fsp3) is 0. The minimum absolute atomic E-state index is 0.0313. The van der Waals surface area contributed by atoms with E-state index in [1.165, 1.54) is 0 Å². The number of carboxylic acid groups (broad SMARTS) is 1. The summed E-state index contributed by atoms with van der Waals surface area (Å²) in [5.74, 6) is -1.43. The summed E-state index contributed by atoms with van der Waals surface area (Å²) in [7, 11) is 0. The van der Waals surface area contributed by atoms with Gasteiger partial charge < -0.3 is 15.8 Å². The summed E-state index contributed by atoms with van der Waals surface area (Å²) in [5, 5.41) is 19.7. The zero-order chi connectivity index (χ0) is 15.6. The molecule has 2 rings (SSSR count). The van der Waals surface area contributed by atoms with E-state index in [1.807, 2.05) is 0 Å². The monoisotopic (exact) mass is 309 g/mol. The maximum absolute atomic E-state index is 11.2.